The molecule has 0 N–H and O–H groups in total. The van der Waals surface area contributed by atoms with Crippen molar-refractivity contribution in [1.29, 1.82) is 0 Å². The first-order chi connectivity index (χ1) is 12.8. The first-order valence-electron chi connectivity index (χ1n) is 8.60. The van der Waals surface area contributed by atoms with E-state index in [1.807, 2.05) is 84.9 Å². The summed E-state index contributed by atoms with van der Waals surface area (Å²) in [5.41, 5.74) is 4.53. The monoisotopic (exact) mass is 336 g/mol. The third-order valence-electron chi connectivity index (χ3n) is 4.73. The molecule has 0 saturated carbocycles. The minimum absolute atomic E-state index is 0.0613. The van der Waals surface area contributed by atoms with Gasteiger partial charge in [0.05, 0.1) is 22.4 Å². The van der Waals surface area contributed by atoms with Crippen LogP contribution in [0.4, 0.5) is 0 Å². The maximum atomic E-state index is 13.5. The van der Waals surface area contributed by atoms with Crippen LogP contribution in [0.3, 0.4) is 0 Å². The normalized spacial score (nSPS) is 11.2. The van der Waals surface area contributed by atoms with Gasteiger partial charge in [0, 0.05) is 5.39 Å². The third kappa shape index (κ3) is 2.18. The van der Waals surface area contributed by atoms with Gasteiger partial charge in [-0.3, -0.25) is 8.97 Å². The second-order valence-corrected chi connectivity index (χ2v) is 6.31. The highest BCUT2D eigenvalue weighted by Gasteiger charge is 2.14. The van der Waals surface area contributed by atoms with Crippen molar-refractivity contribution < 1.29 is 0 Å². The molecule has 3 aromatic carbocycles. The van der Waals surface area contributed by atoms with Gasteiger partial charge < -0.3 is 0 Å². The van der Waals surface area contributed by atoms with Crippen molar-refractivity contribution in [3.8, 4) is 16.9 Å². The number of benzene rings is 3. The van der Waals surface area contributed by atoms with Crippen LogP contribution >= 0.6 is 0 Å². The summed E-state index contributed by atoms with van der Waals surface area (Å²) >= 11 is 0. The molecule has 5 rings (SSSR count). The van der Waals surface area contributed by atoms with Crippen molar-refractivity contribution in [3.05, 3.63) is 108 Å². The molecule has 0 amide bonds. The van der Waals surface area contributed by atoms with Crippen molar-refractivity contribution in [2.75, 3.05) is 0 Å². The summed E-state index contributed by atoms with van der Waals surface area (Å²) in [6.07, 6.45) is 0. The lowest BCUT2D eigenvalue weighted by Gasteiger charge is -2.14. The topological polar surface area (TPSA) is 26.4 Å². The van der Waals surface area contributed by atoms with Crippen molar-refractivity contribution in [3.63, 3.8) is 0 Å². The van der Waals surface area contributed by atoms with Crippen LogP contribution in [0.1, 0.15) is 0 Å². The molecule has 0 unspecified atom stereocenters. The maximum Gasteiger partial charge on any atom is 0.338 e. The summed E-state index contributed by atoms with van der Waals surface area (Å²) in [4.78, 5) is 13.5. The van der Waals surface area contributed by atoms with E-state index >= 15 is 0 Å². The van der Waals surface area contributed by atoms with Crippen molar-refractivity contribution in [1.82, 2.24) is 8.97 Å². The summed E-state index contributed by atoms with van der Waals surface area (Å²) < 4.78 is 3.57. The van der Waals surface area contributed by atoms with E-state index in [0.29, 0.717) is 0 Å². The van der Waals surface area contributed by atoms with Gasteiger partial charge in [0.25, 0.3) is 0 Å². The first-order valence-corrected chi connectivity index (χ1v) is 8.60. The Labute approximate surface area is 150 Å². The van der Waals surface area contributed by atoms with Gasteiger partial charge in [-0.15, -0.1) is 0 Å². The third-order valence-corrected chi connectivity index (χ3v) is 4.73. The van der Waals surface area contributed by atoms with Gasteiger partial charge in [0.2, 0.25) is 0 Å². The zero-order valence-electron chi connectivity index (χ0n) is 14.0. The zero-order valence-corrected chi connectivity index (χ0v) is 14.0. The number of hydrogen-bond donors (Lipinski definition) is 0. The fourth-order valence-electron chi connectivity index (χ4n) is 3.55. The average molecular weight is 336 g/mol. The fourth-order valence-corrected chi connectivity index (χ4v) is 3.55. The van der Waals surface area contributed by atoms with Crippen molar-refractivity contribution >= 4 is 16.4 Å². The number of nitrogens with zero attached hydrogens (tertiary/aromatic N) is 2. The summed E-state index contributed by atoms with van der Waals surface area (Å²) in [6, 6.07) is 32.0. The molecule has 0 aliphatic rings. The van der Waals surface area contributed by atoms with Gasteiger partial charge in [-0.05, 0) is 35.9 Å². The molecular weight excluding hydrogens is 320 g/mol. The Balaban J connectivity index is 1.97. The molecule has 0 bridgehead atoms. The zero-order chi connectivity index (χ0) is 17.5. The van der Waals surface area contributed by atoms with E-state index in [2.05, 4.69) is 12.1 Å². The van der Waals surface area contributed by atoms with Crippen molar-refractivity contribution in [2.45, 2.75) is 0 Å². The van der Waals surface area contributed by atoms with E-state index in [1.165, 1.54) is 0 Å². The Morgan fingerprint density at radius 1 is 0.654 bits per heavy atom. The average Bonchev–Trinajstić information content (AvgIpc) is 3.08. The molecule has 0 saturated heterocycles. The first kappa shape index (κ1) is 14.7. The molecule has 3 heteroatoms. The lowest BCUT2D eigenvalue weighted by molar-refractivity contribution is 0.905. The molecular formula is C23H16N2O. The molecule has 5 aromatic rings. The van der Waals surface area contributed by atoms with Crippen LogP contribution < -0.4 is 5.69 Å². The molecule has 0 spiro atoms. The predicted octanol–water partition coefficient (Wildman–Crippen LogP) is 4.91. The highest BCUT2D eigenvalue weighted by molar-refractivity contribution is 5.88. The minimum atomic E-state index is -0.0613. The Bertz CT molecular complexity index is 1280. The lowest BCUT2D eigenvalue weighted by atomic mass is 10.1. The molecule has 26 heavy (non-hydrogen) atoms. The number of aromatic nitrogens is 2. The molecule has 3 nitrogen and oxygen atoms in total. The molecule has 124 valence electrons. The van der Waals surface area contributed by atoms with Gasteiger partial charge in [0.15, 0.2) is 0 Å². The Hall–Kier alpha value is -3.59. The molecule has 0 atom stereocenters. The number of para-hydroxylation sites is 2. The molecule has 2 heterocycles. The Morgan fingerprint density at radius 2 is 1.31 bits per heavy atom. The van der Waals surface area contributed by atoms with Gasteiger partial charge in [-0.25, -0.2) is 4.79 Å². The highest BCUT2D eigenvalue weighted by atomic mass is 16.1. The van der Waals surface area contributed by atoms with Gasteiger partial charge in [-0.2, -0.15) is 0 Å². The summed E-state index contributed by atoms with van der Waals surface area (Å²) in [6.45, 7) is 0. The van der Waals surface area contributed by atoms with E-state index in [1.54, 1.807) is 8.97 Å². The molecule has 0 radical (unpaired) electrons. The van der Waals surface area contributed by atoms with E-state index in [9.17, 15) is 4.79 Å². The second-order valence-electron chi connectivity index (χ2n) is 6.31. The largest absolute Gasteiger partial charge is 0.338 e. The molecule has 0 aliphatic heterocycles. The van der Waals surface area contributed by atoms with E-state index in [0.717, 1.165) is 33.4 Å². The summed E-state index contributed by atoms with van der Waals surface area (Å²) in [5, 5.41) is 1.06. The van der Waals surface area contributed by atoms with E-state index in [4.69, 9.17) is 0 Å². The number of rotatable bonds is 2. The van der Waals surface area contributed by atoms with Crippen LogP contribution in [0.2, 0.25) is 0 Å². The Kier molecular flexibility index (Phi) is 3.25. The summed E-state index contributed by atoms with van der Waals surface area (Å²) in [7, 11) is 0. The maximum absolute atomic E-state index is 13.5. The van der Waals surface area contributed by atoms with Crippen LogP contribution in [0.5, 0.6) is 0 Å². The van der Waals surface area contributed by atoms with Gasteiger partial charge in [-0.1, -0.05) is 66.7 Å². The second kappa shape index (κ2) is 5.74. The van der Waals surface area contributed by atoms with Crippen molar-refractivity contribution in [2.24, 2.45) is 0 Å². The van der Waals surface area contributed by atoms with Gasteiger partial charge in [0.1, 0.15) is 0 Å². The van der Waals surface area contributed by atoms with Crippen LogP contribution in [0.15, 0.2) is 102 Å². The highest BCUT2D eigenvalue weighted by Crippen LogP contribution is 2.26. The number of hydrogen-bond acceptors (Lipinski definition) is 1. The number of fused-ring (bicyclic) bond motifs is 3. The van der Waals surface area contributed by atoms with E-state index in [-0.39, 0.29) is 5.69 Å². The molecule has 2 aromatic heterocycles. The summed E-state index contributed by atoms with van der Waals surface area (Å²) in [5.74, 6) is 0. The van der Waals surface area contributed by atoms with Crippen LogP contribution in [-0.2, 0) is 0 Å². The SMILES string of the molecule is O=c1n(-c2ccccc2)c(-c2ccccc2)cc2cc3ccccc3n12. The van der Waals surface area contributed by atoms with Crippen LogP contribution in [0, 0.1) is 0 Å². The molecule has 0 aliphatic carbocycles. The lowest BCUT2D eigenvalue weighted by Crippen LogP contribution is -2.26. The predicted molar refractivity (Wildman–Crippen MR) is 106 cm³/mol. The minimum Gasteiger partial charge on any atom is -0.262 e. The van der Waals surface area contributed by atoms with Gasteiger partial charge >= 0.3 is 5.69 Å². The molecule has 0 fully saturated rings. The van der Waals surface area contributed by atoms with E-state index < -0.39 is 0 Å². The quantitative estimate of drug-likeness (QED) is 0.450. The van der Waals surface area contributed by atoms with Crippen LogP contribution in [0.25, 0.3) is 33.4 Å². The fraction of sp³-hybridized carbons (Fsp3) is 0. The smallest absolute Gasteiger partial charge is 0.262 e. The van der Waals surface area contributed by atoms with Crippen LogP contribution in [-0.4, -0.2) is 8.97 Å². The standard InChI is InChI=1S/C23H16N2O/c26-23-24(19-12-5-2-6-13-19)22(17-9-3-1-4-10-17)16-20-15-18-11-7-8-14-21(18)25(20)23/h1-16H. The Morgan fingerprint density at radius 3 is 2.08 bits per heavy atom.